The average Bonchev–Trinajstić information content (AvgIpc) is 3.25. The second-order valence-electron chi connectivity index (χ2n) is 6.17. The number of aryl methyl sites for hydroxylation is 1. The van der Waals surface area contributed by atoms with Crippen molar-refractivity contribution in [1.82, 2.24) is 0 Å². The van der Waals surface area contributed by atoms with E-state index in [0.717, 1.165) is 24.9 Å². The van der Waals surface area contributed by atoms with Crippen molar-refractivity contribution < 1.29 is 4.79 Å². The molecule has 1 fully saturated rings. The van der Waals surface area contributed by atoms with Crippen LogP contribution in [0.1, 0.15) is 51.5 Å². The summed E-state index contributed by atoms with van der Waals surface area (Å²) >= 11 is 0. The predicted molar refractivity (Wildman–Crippen MR) is 83.6 cm³/mol. The van der Waals surface area contributed by atoms with Gasteiger partial charge in [0.05, 0.1) is 5.54 Å². The molecule has 1 amide bonds. The quantitative estimate of drug-likeness (QED) is 0.748. The lowest BCUT2D eigenvalue weighted by molar-refractivity contribution is -0.121. The first-order valence-corrected chi connectivity index (χ1v) is 7.73. The molecule has 1 aromatic rings. The number of amides is 1. The summed E-state index contributed by atoms with van der Waals surface area (Å²) in [6.45, 7) is 4.04. The Balaban J connectivity index is 1.88. The van der Waals surface area contributed by atoms with E-state index in [4.69, 9.17) is 5.73 Å². The van der Waals surface area contributed by atoms with E-state index in [1.54, 1.807) is 0 Å². The maximum atomic E-state index is 12.2. The van der Waals surface area contributed by atoms with Crippen LogP contribution in [-0.2, 0) is 11.2 Å². The molecule has 1 aliphatic carbocycles. The number of rotatable bonds is 7. The van der Waals surface area contributed by atoms with Crippen molar-refractivity contribution >= 4 is 11.6 Å². The summed E-state index contributed by atoms with van der Waals surface area (Å²) in [6, 6.07) is 8.14. The number of unbranched alkanes of at least 4 members (excludes halogenated alkanes) is 2. The predicted octanol–water partition coefficient (Wildman–Crippen LogP) is 3.49. The lowest BCUT2D eigenvalue weighted by Gasteiger charge is -2.23. The van der Waals surface area contributed by atoms with E-state index in [1.807, 2.05) is 19.1 Å². The van der Waals surface area contributed by atoms with Gasteiger partial charge in [-0.15, -0.1) is 0 Å². The molecule has 2 rings (SSSR count). The molecule has 0 aliphatic heterocycles. The minimum absolute atomic E-state index is 0.0706. The van der Waals surface area contributed by atoms with Crippen LogP contribution in [0.4, 0.5) is 5.69 Å². The molecule has 0 heterocycles. The fourth-order valence-electron chi connectivity index (χ4n) is 2.47. The highest BCUT2D eigenvalue weighted by Gasteiger charge is 2.44. The lowest BCUT2D eigenvalue weighted by Crippen LogP contribution is -2.50. The summed E-state index contributed by atoms with van der Waals surface area (Å²) in [4.78, 5) is 12.2. The number of nitrogens with one attached hydrogen (secondary N) is 1. The number of hydrogen-bond donors (Lipinski definition) is 2. The summed E-state index contributed by atoms with van der Waals surface area (Å²) in [5.74, 6) is 0.273. The van der Waals surface area contributed by atoms with Crippen LogP contribution in [0.25, 0.3) is 0 Å². The molecule has 3 heteroatoms. The Morgan fingerprint density at radius 2 is 1.95 bits per heavy atom. The molecule has 0 spiro atoms. The molecule has 0 aromatic heterocycles. The smallest absolute Gasteiger partial charge is 0.244 e. The zero-order chi connectivity index (χ0) is 14.6. The highest BCUT2D eigenvalue weighted by atomic mass is 16.2. The van der Waals surface area contributed by atoms with Crippen LogP contribution in [0.2, 0.25) is 0 Å². The van der Waals surface area contributed by atoms with E-state index in [-0.39, 0.29) is 5.91 Å². The monoisotopic (exact) mass is 274 g/mol. The minimum Gasteiger partial charge on any atom is -0.324 e. The van der Waals surface area contributed by atoms with Crippen LogP contribution < -0.4 is 11.1 Å². The average molecular weight is 274 g/mol. The summed E-state index contributed by atoms with van der Waals surface area (Å²) in [7, 11) is 0. The molecule has 1 saturated carbocycles. The van der Waals surface area contributed by atoms with Gasteiger partial charge in [0, 0.05) is 5.69 Å². The highest BCUT2D eigenvalue weighted by molar-refractivity contribution is 5.98. The maximum Gasteiger partial charge on any atom is 0.244 e. The summed E-state index contributed by atoms with van der Waals surface area (Å²) < 4.78 is 0. The molecule has 110 valence electrons. The third-order valence-electron chi connectivity index (χ3n) is 4.20. The van der Waals surface area contributed by atoms with Crippen LogP contribution in [0.3, 0.4) is 0 Å². The SMILES string of the molecule is CCCCCc1ccc(NC(=O)C(C)(N)C2CC2)cc1. The van der Waals surface area contributed by atoms with Crippen LogP contribution in [0, 0.1) is 5.92 Å². The van der Waals surface area contributed by atoms with Gasteiger partial charge in [-0.05, 0) is 56.2 Å². The van der Waals surface area contributed by atoms with Gasteiger partial charge in [0.15, 0.2) is 0 Å². The topological polar surface area (TPSA) is 55.1 Å². The van der Waals surface area contributed by atoms with Crippen LogP contribution in [-0.4, -0.2) is 11.4 Å². The number of anilines is 1. The second kappa shape index (κ2) is 6.40. The summed E-state index contributed by atoms with van der Waals surface area (Å²) in [5, 5.41) is 2.93. The first kappa shape index (κ1) is 15.0. The van der Waals surface area contributed by atoms with E-state index in [1.165, 1.54) is 24.8 Å². The first-order chi connectivity index (χ1) is 9.54. The van der Waals surface area contributed by atoms with E-state index >= 15 is 0 Å². The van der Waals surface area contributed by atoms with Crippen molar-refractivity contribution in [2.75, 3.05) is 5.32 Å². The first-order valence-electron chi connectivity index (χ1n) is 7.73. The van der Waals surface area contributed by atoms with Gasteiger partial charge < -0.3 is 11.1 Å². The van der Waals surface area contributed by atoms with E-state index in [0.29, 0.717) is 5.92 Å². The van der Waals surface area contributed by atoms with Gasteiger partial charge in [0.1, 0.15) is 0 Å². The highest BCUT2D eigenvalue weighted by Crippen LogP contribution is 2.38. The molecule has 20 heavy (non-hydrogen) atoms. The van der Waals surface area contributed by atoms with E-state index in [9.17, 15) is 4.79 Å². The largest absolute Gasteiger partial charge is 0.324 e. The van der Waals surface area contributed by atoms with Crippen molar-refractivity contribution in [3.8, 4) is 0 Å². The fourth-order valence-corrected chi connectivity index (χ4v) is 2.47. The van der Waals surface area contributed by atoms with Gasteiger partial charge >= 0.3 is 0 Å². The van der Waals surface area contributed by atoms with Crippen molar-refractivity contribution in [3.05, 3.63) is 29.8 Å². The molecule has 1 aromatic carbocycles. The molecule has 0 radical (unpaired) electrons. The Bertz CT molecular complexity index is 447. The Hall–Kier alpha value is -1.35. The third kappa shape index (κ3) is 3.83. The number of carbonyl (C=O) groups excluding carboxylic acids is 1. The van der Waals surface area contributed by atoms with Crippen LogP contribution >= 0.6 is 0 Å². The van der Waals surface area contributed by atoms with Gasteiger partial charge in [0.2, 0.25) is 5.91 Å². The zero-order valence-electron chi connectivity index (χ0n) is 12.6. The Morgan fingerprint density at radius 3 is 2.50 bits per heavy atom. The number of benzene rings is 1. The van der Waals surface area contributed by atoms with E-state index < -0.39 is 5.54 Å². The maximum absolute atomic E-state index is 12.2. The Labute approximate surface area is 121 Å². The summed E-state index contributed by atoms with van der Waals surface area (Å²) in [6.07, 6.45) is 6.98. The van der Waals surface area contributed by atoms with Crippen molar-refractivity contribution in [3.63, 3.8) is 0 Å². The van der Waals surface area contributed by atoms with Gasteiger partial charge in [-0.3, -0.25) is 4.79 Å². The number of carbonyl (C=O) groups is 1. The van der Waals surface area contributed by atoms with Crippen LogP contribution in [0.15, 0.2) is 24.3 Å². The molecule has 1 aliphatic rings. The lowest BCUT2D eigenvalue weighted by atomic mass is 9.96. The number of nitrogens with two attached hydrogens (primary N) is 1. The molecular formula is C17H26N2O. The van der Waals surface area contributed by atoms with Gasteiger partial charge in [-0.2, -0.15) is 0 Å². The molecule has 0 saturated heterocycles. The van der Waals surface area contributed by atoms with E-state index in [2.05, 4.69) is 24.4 Å². The standard InChI is InChI=1S/C17H26N2O/c1-3-4-5-6-13-7-11-15(12-8-13)19-16(20)17(2,18)14-9-10-14/h7-8,11-12,14H,3-6,9-10,18H2,1-2H3,(H,19,20). The molecule has 1 atom stereocenters. The fraction of sp³-hybridized carbons (Fsp3) is 0.588. The third-order valence-corrected chi connectivity index (χ3v) is 4.20. The molecule has 1 unspecified atom stereocenters. The summed E-state index contributed by atoms with van der Waals surface area (Å²) in [5.41, 5.74) is 7.54. The Kier molecular flexibility index (Phi) is 4.81. The molecular weight excluding hydrogens is 248 g/mol. The van der Waals surface area contributed by atoms with Gasteiger partial charge in [0.25, 0.3) is 0 Å². The van der Waals surface area contributed by atoms with Crippen LogP contribution in [0.5, 0.6) is 0 Å². The zero-order valence-corrected chi connectivity index (χ0v) is 12.6. The second-order valence-corrected chi connectivity index (χ2v) is 6.17. The molecule has 0 bridgehead atoms. The Morgan fingerprint density at radius 1 is 1.30 bits per heavy atom. The molecule has 3 N–H and O–H groups in total. The van der Waals surface area contributed by atoms with Crippen molar-refractivity contribution in [2.24, 2.45) is 11.7 Å². The van der Waals surface area contributed by atoms with Gasteiger partial charge in [-0.1, -0.05) is 31.9 Å². The molecule has 3 nitrogen and oxygen atoms in total. The van der Waals surface area contributed by atoms with Crippen molar-refractivity contribution in [2.45, 2.75) is 57.9 Å². The van der Waals surface area contributed by atoms with Crippen molar-refractivity contribution in [1.29, 1.82) is 0 Å². The normalized spacial score (nSPS) is 17.6. The van der Waals surface area contributed by atoms with Gasteiger partial charge in [-0.25, -0.2) is 0 Å². The minimum atomic E-state index is -0.736. The number of hydrogen-bond acceptors (Lipinski definition) is 2.